The van der Waals surface area contributed by atoms with E-state index in [1.807, 2.05) is 0 Å². The van der Waals surface area contributed by atoms with Crippen molar-refractivity contribution >= 4 is 5.97 Å². The van der Waals surface area contributed by atoms with Crippen LogP contribution < -0.4 is 0 Å². The number of hydrogen-bond acceptors (Lipinski definition) is 2. The van der Waals surface area contributed by atoms with Crippen LogP contribution in [0.25, 0.3) is 0 Å². The van der Waals surface area contributed by atoms with Gasteiger partial charge in [0, 0.05) is 5.92 Å². The van der Waals surface area contributed by atoms with Gasteiger partial charge in [0.25, 0.3) is 0 Å². The fourth-order valence-electron chi connectivity index (χ4n) is 2.43. The molecule has 0 amide bonds. The molecule has 0 aromatic carbocycles. The zero-order valence-electron chi connectivity index (χ0n) is 7.61. The molecule has 0 saturated heterocycles. The third-order valence-corrected chi connectivity index (χ3v) is 3.40. The normalized spacial score (nSPS) is 41.1. The predicted octanol–water partition coefficient (Wildman–Crippen LogP) is 1.90. The molecular formula is C11H14O2. The highest BCUT2D eigenvalue weighted by atomic mass is 16.5. The van der Waals surface area contributed by atoms with Crippen molar-refractivity contribution < 1.29 is 9.53 Å². The van der Waals surface area contributed by atoms with Crippen LogP contribution in [0.5, 0.6) is 0 Å². The fourth-order valence-corrected chi connectivity index (χ4v) is 2.43. The molecule has 2 fully saturated rings. The second-order valence-corrected chi connectivity index (χ2v) is 4.53. The van der Waals surface area contributed by atoms with E-state index in [0.717, 1.165) is 19.3 Å². The van der Waals surface area contributed by atoms with E-state index < -0.39 is 0 Å². The monoisotopic (exact) mass is 178 g/mol. The summed E-state index contributed by atoms with van der Waals surface area (Å²) < 4.78 is 5.48. The maximum absolute atomic E-state index is 11.4. The van der Waals surface area contributed by atoms with E-state index >= 15 is 0 Å². The lowest BCUT2D eigenvalue weighted by Crippen LogP contribution is -2.22. The van der Waals surface area contributed by atoms with Crippen molar-refractivity contribution in [3.63, 3.8) is 0 Å². The quantitative estimate of drug-likeness (QED) is 0.477. The molecule has 13 heavy (non-hydrogen) atoms. The molecule has 0 spiro atoms. The van der Waals surface area contributed by atoms with Gasteiger partial charge in [0.2, 0.25) is 0 Å². The van der Waals surface area contributed by atoms with Gasteiger partial charge in [-0.15, -0.1) is 0 Å². The largest absolute Gasteiger partial charge is 0.462 e. The number of esters is 1. The summed E-state index contributed by atoms with van der Waals surface area (Å²) in [6.07, 6.45) is 9.08. The van der Waals surface area contributed by atoms with Crippen LogP contribution in [0.15, 0.2) is 12.2 Å². The van der Waals surface area contributed by atoms with Crippen LogP contribution in [0.3, 0.4) is 0 Å². The van der Waals surface area contributed by atoms with Crippen LogP contribution in [-0.4, -0.2) is 12.1 Å². The first-order valence-corrected chi connectivity index (χ1v) is 5.22. The van der Waals surface area contributed by atoms with Gasteiger partial charge in [-0.2, -0.15) is 0 Å². The summed E-state index contributed by atoms with van der Waals surface area (Å²) in [6.45, 7) is 0. The first-order chi connectivity index (χ1) is 6.33. The predicted molar refractivity (Wildman–Crippen MR) is 48.0 cm³/mol. The van der Waals surface area contributed by atoms with Gasteiger partial charge in [-0.05, 0) is 31.6 Å². The number of carbonyl (C=O) groups is 1. The van der Waals surface area contributed by atoms with Crippen LogP contribution in [0.1, 0.15) is 25.7 Å². The van der Waals surface area contributed by atoms with Gasteiger partial charge in [-0.1, -0.05) is 12.2 Å². The average molecular weight is 178 g/mol. The molecule has 0 aliphatic heterocycles. The van der Waals surface area contributed by atoms with Gasteiger partial charge in [-0.25, -0.2) is 0 Å². The highest BCUT2D eigenvalue weighted by Gasteiger charge is 2.40. The molecule has 2 nitrogen and oxygen atoms in total. The maximum atomic E-state index is 11.4. The van der Waals surface area contributed by atoms with Gasteiger partial charge < -0.3 is 4.74 Å². The smallest absolute Gasteiger partial charge is 0.309 e. The van der Waals surface area contributed by atoms with Crippen LogP contribution in [0.4, 0.5) is 0 Å². The molecule has 70 valence electrons. The first kappa shape index (κ1) is 7.60. The first-order valence-electron chi connectivity index (χ1n) is 5.22. The van der Waals surface area contributed by atoms with E-state index in [1.54, 1.807) is 0 Å². The lowest BCUT2D eigenvalue weighted by molar-refractivity contribution is -0.151. The zero-order chi connectivity index (χ0) is 8.84. The molecule has 3 unspecified atom stereocenters. The Bertz CT molecular complexity index is 265. The Morgan fingerprint density at radius 3 is 2.62 bits per heavy atom. The molecule has 0 radical (unpaired) electrons. The highest BCUT2D eigenvalue weighted by Crippen LogP contribution is 2.42. The summed E-state index contributed by atoms with van der Waals surface area (Å²) in [5.41, 5.74) is 0. The summed E-state index contributed by atoms with van der Waals surface area (Å²) in [6, 6.07) is 0. The Labute approximate surface area is 78.0 Å². The molecular weight excluding hydrogens is 164 g/mol. The molecule has 2 saturated carbocycles. The minimum atomic E-state index is 0.0611. The highest BCUT2D eigenvalue weighted by molar-refractivity contribution is 5.75. The number of carbonyl (C=O) groups excluding carboxylic acids is 1. The minimum absolute atomic E-state index is 0.0611. The van der Waals surface area contributed by atoms with Crippen molar-refractivity contribution in [2.75, 3.05) is 0 Å². The second kappa shape index (κ2) is 2.60. The molecule has 0 N–H and O–H groups in total. The van der Waals surface area contributed by atoms with Gasteiger partial charge in [0.1, 0.15) is 6.10 Å². The van der Waals surface area contributed by atoms with Crippen molar-refractivity contribution in [2.24, 2.45) is 17.8 Å². The van der Waals surface area contributed by atoms with Crippen molar-refractivity contribution in [2.45, 2.75) is 31.8 Å². The third-order valence-electron chi connectivity index (χ3n) is 3.40. The number of ether oxygens (including phenoxy) is 1. The van der Waals surface area contributed by atoms with Crippen LogP contribution >= 0.6 is 0 Å². The summed E-state index contributed by atoms with van der Waals surface area (Å²) >= 11 is 0. The second-order valence-electron chi connectivity index (χ2n) is 4.53. The summed E-state index contributed by atoms with van der Waals surface area (Å²) in [5, 5.41) is 0. The molecule has 2 bridgehead atoms. The van der Waals surface area contributed by atoms with Crippen LogP contribution in [0.2, 0.25) is 0 Å². The van der Waals surface area contributed by atoms with E-state index in [4.69, 9.17) is 4.74 Å². The Morgan fingerprint density at radius 2 is 2.08 bits per heavy atom. The van der Waals surface area contributed by atoms with E-state index in [9.17, 15) is 4.79 Å². The number of allylic oxidation sites excluding steroid dienone is 1. The standard InChI is InChI=1S/C11H14O2/c12-11(8-3-4-8)13-10-6-7-1-2-9(10)5-7/h1-2,7-10H,3-6H2. The number of hydrogen-bond donors (Lipinski definition) is 0. The Morgan fingerprint density at radius 1 is 1.23 bits per heavy atom. The van der Waals surface area contributed by atoms with E-state index in [0.29, 0.717) is 11.8 Å². The van der Waals surface area contributed by atoms with Gasteiger partial charge in [0.05, 0.1) is 5.92 Å². The summed E-state index contributed by atoms with van der Waals surface area (Å²) in [4.78, 5) is 11.4. The van der Waals surface area contributed by atoms with E-state index in [-0.39, 0.29) is 18.0 Å². The lowest BCUT2D eigenvalue weighted by atomic mass is 10.0. The SMILES string of the molecule is O=C(OC1CC2C=CC1C2)C1CC1. The molecule has 3 rings (SSSR count). The summed E-state index contributed by atoms with van der Waals surface area (Å²) in [7, 11) is 0. The van der Waals surface area contributed by atoms with E-state index in [2.05, 4.69) is 12.2 Å². The molecule has 0 heterocycles. The maximum Gasteiger partial charge on any atom is 0.309 e. The molecule has 3 aliphatic rings. The van der Waals surface area contributed by atoms with Crippen LogP contribution in [-0.2, 0) is 9.53 Å². The van der Waals surface area contributed by atoms with Crippen LogP contribution in [0, 0.1) is 17.8 Å². The van der Waals surface area contributed by atoms with Gasteiger partial charge >= 0.3 is 5.97 Å². The van der Waals surface area contributed by atoms with Gasteiger partial charge in [-0.3, -0.25) is 4.79 Å². The fraction of sp³-hybridized carbons (Fsp3) is 0.727. The topological polar surface area (TPSA) is 26.3 Å². The van der Waals surface area contributed by atoms with Gasteiger partial charge in [0.15, 0.2) is 0 Å². The van der Waals surface area contributed by atoms with E-state index in [1.165, 1.54) is 6.42 Å². The molecule has 0 aromatic heterocycles. The minimum Gasteiger partial charge on any atom is -0.462 e. The molecule has 2 heteroatoms. The zero-order valence-corrected chi connectivity index (χ0v) is 7.61. The summed E-state index contributed by atoms with van der Waals surface area (Å²) in [5.74, 6) is 1.55. The van der Waals surface area contributed by atoms with Crippen molar-refractivity contribution in [3.05, 3.63) is 12.2 Å². The van der Waals surface area contributed by atoms with Crippen molar-refractivity contribution in [1.82, 2.24) is 0 Å². The Hall–Kier alpha value is -0.790. The third kappa shape index (κ3) is 1.28. The van der Waals surface area contributed by atoms with Crippen molar-refractivity contribution in [3.8, 4) is 0 Å². The molecule has 3 atom stereocenters. The average Bonchev–Trinajstić information content (AvgIpc) is 2.79. The Balaban J connectivity index is 1.61. The number of fused-ring (bicyclic) bond motifs is 2. The molecule has 0 aromatic rings. The number of rotatable bonds is 2. The molecule has 3 aliphatic carbocycles. The Kier molecular flexibility index (Phi) is 1.52. The lowest BCUT2D eigenvalue weighted by Gasteiger charge is -2.18. The van der Waals surface area contributed by atoms with Crippen molar-refractivity contribution in [1.29, 1.82) is 0 Å².